The summed E-state index contributed by atoms with van der Waals surface area (Å²) < 4.78 is 25.3. The van der Waals surface area contributed by atoms with Crippen molar-refractivity contribution >= 4 is 21.5 Å². The molecule has 0 fully saturated rings. The summed E-state index contributed by atoms with van der Waals surface area (Å²) in [4.78, 5) is 9.16. The highest BCUT2D eigenvalue weighted by Crippen LogP contribution is 2.33. The van der Waals surface area contributed by atoms with Gasteiger partial charge in [-0.2, -0.15) is 0 Å². The highest BCUT2D eigenvalue weighted by atomic mass is 32.2. The van der Waals surface area contributed by atoms with Crippen LogP contribution < -0.4 is 5.32 Å². The van der Waals surface area contributed by atoms with E-state index in [0.29, 0.717) is 11.6 Å². The van der Waals surface area contributed by atoms with Crippen molar-refractivity contribution < 1.29 is 8.42 Å². The highest BCUT2D eigenvalue weighted by molar-refractivity contribution is 7.90. The maximum Gasteiger partial charge on any atom is 0.227 e. The molecule has 0 aliphatic heterocycles. The second kappa shape index (κ2) is 8.92. The van der Waals surface area contributed by atoms with Crippen molar-refractivity contribution in [2.75, 3.05) is 11.6 Å². The van der Waals surface area contributed by atoms with E-state index in [-0.39, 0.29) is 10.3 Å². The van der Waals surface area contributed by atoms with Gasteiger partial charge in [-0.3, -0.25) is 0 Å². The van der Waals surface area contributed by atoms with Crippen LogP contribution in [0, 0.1) is 0 Å². The normalized spacial score (nSPS) is 17.4. The minimum absolute atomic E-state index is 0.164. The Morgan fingerprint density at radius 1 is 1.00 bits per heavy atom. The zero-order chi connectivity index (χ0) is 24.5. The van der Waals surface area contributed by atoms with Gasteiger partial charge in [0.25, 0.3) is 0 Å². The molecular weight excluding hydrogens is 460 g/mol. The van der Waals surface area contributed by atoms with Crippen molar-refractivity contribution in [2.45, 2.75) is 23.7 Å². The number of aromatic nitrogens is 5. The molecule has 1 atom stereocenters. The van der Waals surface area contributed by atoms with Crippen LogP contribution >= 0.6 is 0 Å². The van der Waals surface area contributed by atoms with Crippen molar-refractivity contribution in [1.29, 1.82) is 0 Å². The second-order valence-corrected chi connectivity index (χ2v) is 10.7. The number of hydrogen-bond donors (Lipinski definition) is 1. The summed E-state index contributed by atoms with van der Waals surface area (Å²) in [7, 11) is -3.24. The Labute approximate surface area is 204 Å². The summed E-state index contributed by atoms with van der Waals surface area (Å²) in [6.07, 6.45) is 14.0. The number of sulfone groups is 1. The van der Waals surface area contributed by atoms with Gasteiger partial charge in [0.1, 0.15) is 0 Å². The van der Waals surface area contributed by atoms with Crippen LogP contribution in [0.15, 0.2) is 96.2 Å². The molecule has 176 valence electrons. The van der Waals surface area contributed by atoms with E-state index in [2.05, 4.69) is 56.8 Å². The summed E-state index contributed by atoms with van der Waals surface area (Å²) in [6.45, 7) is 2.18. The largest absolute Gasteiger partial charge is 0.324 e. The Morgan fingerprint density at radius 2 is 1.77 bits per heavy atom. The van der Waals surface area contributed by atoms with Gasteiger partial charge in [-0.05, 0) is 48.9 Å². The predicted octanol–water partition coefficient (Wildman–Crippen LogP) is 4.65. The molecule has 2 heterocycles. The molecule has 8 nitrogen and oxygen atoms in total. The van der Waals surface area contributed by atoms with E-state index in [4.69, 9.17) is 0 Å². The lowest BCUT2D eigenvalue weighted by molar-refractivity contribution is 0.552. The van der Waals surface area contributed by atoms with Gasteiger partial charge in [-0.15, -0.1) is 5.10 Å². The fraction of sp³-hybridized carbons (Fsp3) is 0.154. The van der Waals surface area contributed by atoms with Crippen molar-refractivity contribution in [1.82, 2.24) is 25.0 Å². The number of anilines is 2. The maximum absolute atomic E-state index is 11.7. The summed E-state index contributed by atoms with van der Waals surface area (Å²) in [5, 5.41) is 11.7. The number of nitrogens with one attached hydrogen (secondary N) is 1. The first kappa shape index (κ1) is 22.7. The number of nitrogens with zero attached hydrogens (tertiary/aromatic N) is 5. The van der Waals surface area contributed by atoms with E-state index < -0.39 is 9.84 Å². The Balaban J connectivity index is 1.35. The van der Waals surface area contributed by atoms with Crippen LogP contribution in [0.5, 0.6) is 0 Å². The monoisotopic (exact) mass is 484 g/mol. The fourth-order valence-corrected chi connectivity index (χ4v) is 4.63. The lowest BCUT2D eigenvalue weighted by Crippen LogP contribution is -2.23. The minimum Gasteiger partial charge on any atom is -0.324 e. The minimum atomic E-state index is -3.24. The Morgan fingerprint density at radius 3 is 2.46 bits per heavy atom. The van der Waals surface area contributed by atoms with Crippen LogP contribution in [-0.2, 0) is 15.3 Å². The average Bonchev–Trinajstić information content (AvgIpc) is 3.36. The molecule has 5 rings (SSSR count). The lowest BCUT2D eigenvalue weighted by Gasteiger charge is -2.26. The Hall–Kier alpha value is -4.11. The first-order valence-electron chi connectivity index (χ1n) is 11.1. The summed E-state index contributed by atoms with van der Waals surface area (Å²) >= 11 is 0. The SMILES string of the molecule is CC1(c2cnnn2-c2ccc(Nc3nccc(-c4ccc(S(C)(=O)=O)cc4)n3)cc2)C=CC=CC1. The molecule has 1 unspecified atom stereocenters. The van der Waals surface area contributed by atoms with E-state index in [1.807, 2.05) is 35.1 Å². The third kappa shape index (κ3) is 4.76. The van der Waals surface area contributed by atoms with Gasteiger partial charge in [0, 0.05) is 29.1 Å². The molecule has 0 radical (unpaired) electrons. The summed E-state index contributed by atoms with van der Waals surface area (Å²) in [5.41, 5.74) is 4.09. The van der Waals surface area contributed by atoms with Crippen LogP contribution in [0.1, 0.15) is 19.0 Å². The molecule has 0 saturated carbocycles. The zero-order valence-corrected chi connectivity index (χ0v) is 20.1. The van der Waals surface area contributed by atoms with E-state index in [0.717, 1.165) is 29.1 Å². The van der Waals surface area contributed by atoms with Gasteiger partial charge >= 0.3 is 0 Å². The Kier molecular flexibility index (Phi) is 5.78. The zero-order valence-electron chi connectivity index (χ0n) is 19.3. The molecule has 2 aromatic heterocycles. The van der Waals surface area contributed by atoms with Gasteiger partial charge < -0.3 is 5.32 Å². The van der Waals surface area contributed by atoms with E-state index in [9.17, 15) is 8.42 Å². The molecule has 0 amide bonds. The second-order valence-electron chi connectivity index (χ2n) is 8.67. The highest BCUT2D eigenvalue weighted by Gasteiger charge is 2.28. The first-order chi connectivity index (χ1) is 16.8. The van der Waals surface area contributed by atoms with Gasteiger partial charge in [0.05, 0.1) is 28.2 Å². The van der Waals surface area contributed by atoms with Crippen LogP contribution in [0.25, 0.3) is 16.9 Å². The van der Waals surface area contributed by atoms with Crippen LogP contribution in [0.3, 0.4) is 0 Å². The van der Waals surface area contributed by atoms with Crippen LogP contribution in [-0.4, -0.2) is 39.6 Å². The molecule has 9 heteroatoms. The maximum atomic E-state index is 11.7. The quantitative estimate of drug-likeness (QED) is 0.425. The van der Waals surface area contributed by atoms with E-state index in [1.165, 1.54) is 6.26 Å². The first-order valence-corrected chi connectivity index (χ1v) is 13.0. The predicted molar refractivity (Wildman–Crippen MR) is 135 cm³/mol. The summed E-state index contributed by atoms with van der Waals surface area (Å²) in [6, 6.07) is 16.3. The standard InChI is InChI=1S/C26H24N6O2S/c1-26(15-4-3-5-16-26)24-18-28-31-32(24)21-10-8-20(9-11-21)29-25-27-17-14-23(30-25)19-6-12-22(13-7-19)35(2,33)34/h3-15,17-18H,16H2,1-2H3,(H,27,29,30). The molecule has 1 aliphatic carbocycles. The molecule has 0 bridgehead atoms. The van der Waals surface area contributed by atoms with Gasteiger partial charge in [0.2, 0.25) is 5.95 Å². The topological polar surface area (TPSA) is 103 Å². The van der Waals surface area contributed by atoms with Crippen molar-refractivity contribution in [3.05, 3.63) is 97.0 Å². The van der Waals surface area contributed by atoms with E-state index >= 15 is 0 Å². The third-order valence-electron chi connectivity index (χ3n) is 5.99. The fourth-order valence-electron chi connectivity index (χ4n) is 4.00. The smallest absolute Gasteiger partial charge is 0.227 e. The van der Waals surface area contributed by atoms with Gasteiger partial charge in [-0.1, -0.05) is 48.6 Å². The van der Waals surface area contributed by atoms with Crippen LogP contribution in [0.2, 0.25) is 0 Å². The molecule has 1 N–H and O–H groups in total. The number of allylic oxidation sites excluding steroid dienone is 4. The number of benzene rings is 2. The lowest BCUT2D eigenvalue weighted by atomic mass is 9.81. The van der Waals surface area contributed by atoms with Gasteiger partial charge in [0.15, 0.2) is 9.84 Å². The van der Waals surface area contributed by atoms with Gasteiger partial charge in [-0.25, -0.2) is 23.1 Å². The van der Waals surface area contributed by atoms with E-state index in [1.54, 1.807) is 36.5 Å². The number of rotatable bonds is 6. The van der Waals surface area contributed by atoms with Crippen molar-refractivity contribution in [3.8, 4) is 16.9 Å². The number of hydrogen-bond acceptors (Lipinski definition) is 7. The molecule has 2 aromatic carbocycles. The summed E-state index contributed by atoms with van der Waals surface area (Å²) in [5.74, 6) is 0.440. The molecule has 0 saturated heterocycles. The molecule has 35 heavy (non-hydrogen) atoms. The third-order valence-corrected chi connectivity index (χ3v) is 7.12. The molecular formula is C26H24N6O2S. The molecule has 0 spiro atoms. The average molecular weight is 485 g/mol. The van der Waals surface area contributed by atoms with Crippen LogP contribution in [0.4, 0.5) is 11.6 Å². The molecule has 4 aromatic rings. The Bertz CT molecular complexity index is 1520. The van der Waals surface area contributed by atoms with Crippen molar-refractivity contribution in [3.63, 3.8) is 0 Å². The van der Waals surface area contributed by atoms with Crippen molar-refractivity contribution in [2.24, 2.45) is 0 Å². The molecule has 1 aliphatic rings.